The van der Waals surface area contributed by atoms with Gasteiger partial charge >= 0.3 is 0 Å². The van der Waals surface area contributed by atoms with Gasteiger partial charge in [0, 0.05) is 0 Å². The molecule has 1 amide bonds. The lowest BCUT2D eigenvalue weighted by Gasteiger charge is -2.33. The summed E-state index contributed by atoms with van der Waals surface area (Å²) in [7, 11) is 0. The van der Waals surface area contributed by atoms with Crippen LogP contribution >= 0.6 is 11.8 Å². The number of aliphatic imine (C=N–C) groups is 1. The van der Waals surface area contributed by atoms with Crippen LogP contribution in [0, 0.1) is 5.92 Å². The normalized spacial score (nSPS) is 34.5. The summed E-state index contributed by atoms with van der Waals surface area (Å²) in [5.41, 5.74) is 0. The second-order valence-corrected chi connectivity index (χ2v) is 5.40. The summed E-state index contributed by atoms with van der Waals surface area (Å²) in [5, 5.41) is 7.43. The summed E-state index contributed by atoms with van der Waals surface area (Å²) >= 11 is 1.51. The van der Waals surface area contributed by atoms with Gasteiger partial charge in [-0.1, -0.05) is 12.8 Å². The Morgan fingerprint density at radius 2 is 2.20 bits per heavy atom. The van der Waals surface area contributed by atoms with Crippen molar-refractivity contribution in [1.29, 1.82) is 0 Å². The third kappa shape index (κ3) is 1.40. The Labute approximate surface area is 92.8 Å². The lowest BCUT2D eigenvalue weighted by Crippen LogP contribution is -2.45. The highest BCUT2D eigenvalue weighted by atomic mass is 32.2. The number of nitrogens with zero attached hydrogens (tertiary/aromatic N) is 3. The molecule has 0 radical (unpaired) electrons. The molecule has 4 nitrogen and oxygen atoms in total. The third-order valence-electron chi connectivity index (χ3n) is 3.19. The number of fused-ring (bicyclic) bond motifs is 2. The van der Waals surface area contributed by atoms with Gasteiger partial charge in [0.2, 0.25) is 0 Å². The van der Waals surface area contributed by atoms with Crippen molar-refractivity contribution in [3.63, 3.8) is 0 Å². The number of carbonyl (C=O) groups is 1. The van der Waals surface area contributed by atoms with Crippen LogP contribution in [0.3, 0.4) is 0 Å². The van der Waals surface area contributed by atoms with Crippen molar-refractivity contribution in [2.24, 2.45) is 16.0 Å². The Hall–Kier alpha value is -0.840. The average Bonchev–Trinajstić information content (AvgIpc) is 2.59. The van der Waals surface area contributed by atoms with Crippen molar-refractivity contribution >= 4 is 27.9 Å². The molecular weight excluding hydrogens is 210 g/mol. The quantitative estimate of drug-likeness (QED) is 0.629. The number of carbonyl (C=O) groups excluding carboxylic acids is 1. The Morgan fingerprint density at radius 1 is 1.40 bits per heavy atom. The lowest BCUT2D eigenvalue weighted by atomic mass is 9.83. The number of rotatable bonds is 0. The molecule has 0 bridgehead atoms. The molecule has 15 heavy (non-hydrogen) atoms. The van der Waals surface area contributed by atoms with Crippen LogP contribution in [0.4, 0.5) is 0 Å². The number of thioether (sulfide) groups is 1. The van der Waals surface area contributed by atoms with Gasteiger partial charge in [-0.2, -0.15) is 10.1 Å². The maximum absolute atomic E-state index is 12.1. The molecular formula is C10H13N3OS. The summed E-state index contributed by atoms with van der Waals surface area (Å²) < 4.78 is 0. The van der Waals surface area contributed by atoms with E-state index in [9.17, 15) is 4.79 Å². The van der Waals surface area contributed by atoms with Crippen molar-refractivity contribution in [3.05, 3.63) is 0 Å². The van der Waals surface area contributed by atoms with Gasteiger partial charge in [-0.05, 0) is 31.5 Å². The first-order valence-corrected chi connectivity index (χ1v) is 6.22. The minimum Gasteiger partial charge on any atom is -0.272 e. The van der Waals surface area contributed by atoms with Gasteiger partial charge in [0.05, 0.1) is 17.0 Å². The molecule has 3 rings (SSSR count). The summed E-state index contributed by atoms with van der Waals surface area (Å²) in [5.74, 6) is 0.256. The SMILES string of the molecule is CC1=NN2C(=O)C3CCCCC3N=C2S1. The van der Waals surface area contributed by atoms with E-state index in [1.807, 2.05) is 6.92 Å². The molecule has 2 aliphatic heterocycles. The molecule has 0 spiro atoms. The second kappa shape index (κ2) is 3.33. The zero-order valence-electron chi connectivity index (χ0n) is 8.64. The Morgan fingerprint density at radius 3 is 3.07 bits per heavy atom. The lowest BCUT2D eigenvalue weighted by molar-refractivity contribution is -0.133. The zero-order valence-corrected chi connectivity index (χ0v) is 9.46. The molecule has 80 valence electrons. The standard InChI is InChI=1S/C10H13N3OS/c1-6-12-13-9(14)7-4-2-3-5-8(7)11-10(13)15-6/h7-8H,2-5H2,1H3. The van der Waals surface area contributed by atoms with Crippen molar-refractivity contribution in [1.82, 2.24) is 5.01 Å². The molecule has 0 aromatic rings. The molecule has 2 atom stereocenters. The van der Waals surface area contributed by atoms with E-state index in [4.69, 9.17) is 0 Å². The molecule has 5 heteroatoms. The molecule has 0 aromatic heterocycles. The van der Waals surface area contributed by atoms with Crippen molar-refractivity contribution < 1.29 is 4.79 Å². The van der Waals surface area contributed by atoms with Gasteiger partial charge in [0.1, 0.15) is 0 Å². The molecule has 0 aromatic carbocycles. The number of amidine groups is 1. The predicted octanol–water partition coefficient (Wildman–Crippen LogP) is 1.82. The number of amides is 1. The second-order valence-electron chi connectivity index (χ2n) is 4.24. The van der Waals surface area contributed by atoms with E-state index in [-0.39, 0.29) is 17.9 Å². The van der Waals surface area contributed by atoms with Crippen LogP contribution < -0.4 is 0 Å². The van der Waals surface area contributed by atoms with Crippen molar-refractivity contribution in [3.8, 4) is 0 Å². The topological polar surface area (TPSA) is 45.0 Å². The van der Waals surface area contributed by atoms with E-state index in [1.54, 1.807) is 0 Å². The van der Waals surface area contributed by atoms with Crippen LogP contribution in [0.5, 0.6) is 0 Å². The van der Waals surface area contributed by atoms with E-state index in [1.165, 1.54) is 23.2 Å². The molecule has 1 fully saturated rings. The summed E-state index contributed by atoms with van der Waals surface area (Å²) in [6.45, 7) is 1.92. The van der Waals surface area contributed by atoms with Crippen LogP contribution in [0.1, 0.15) is 32.6 Å². The Balaban J connectivity index is 1.96. The largest absolute Gasteiger partial charge is 0.272 e. The van der Waals surface area contributed by atoms with Crippen LogP contribution in [0.2, 0.25) is 0 Å². The fraction of sp³-hybridized carbons (Fsp3) is 0.700. The zero-order chi connectivity index (χ0) is 10.4. The van der Waals surface area contributed by atoms with E-state index >= 15 is 0 Å². The van der Waals surface area contributed by atoms with Gasteiger partial charge in [-0.15, -0.1) is 0 Å². The maximum Gasteiger partial charge on any atom is 0.254 e. The first-order valence-electron chi connectivity index (χ1n) is 5.40. The van der Waals surface area contributed by atoms with Gasteiger partial charge in [0.15, 0.2) is 5.17 Å². The van der Waals surface area contributed by atoms with Crippen LogP contribution in [-0.2, 0) is 4.79 Å². The molecule has 2 heterocycles. The molecule has 1 saturated carbocycles. The van der Waals surface area contributed by atoms with Gasteiger partial charge in [0.25, 0.3) is 5.91 Å². The smallest absolute Gasteiger partial charge is 0.254 e. The number of hydrogen-bond acceptors (Lipinski definition) is 4. The van der Waals surface area contributed by atoms with E-state index < -0.39 is 0 Å². The molecule has 0 saturated heterocycles. The number of hydrogen-bond donors (Lipinski definition) is 0. The fourth-order valence-electron chi connectivity index (χ4n) is 2.46. The Kier molecular flexibility index (Phi) is 2.09. The fourth-order valence-corrected chi connectivity index (χ4v) is 3.25. The predicted molar refractivity (Wildman–Crippen MR) is 60.7 cm³/mol. The van der Waals surface area contributed by atoms with Crippen LogP contribution in [0.25, 0.3) is 0 Å². The monoisotopic (exact) mass is 223 g/mol. The minimum atomic E-state index is 0.0951. The highest BCUT2D eigenvalue weighted by molar-refractivity contribution is 8.26. The van der Waals surface area contributed by atoms with Gasteiger partial charge in [-0.25, -0.2) is 0 Å². The Bertz CT molecular complexity index is 377. The summed E-state index contributed by atoms with van der Waals surface area (Å²) in [6, 6.07) is 0.228. The molecule has 3 aliphatic rings. The number of hydrazone groups is 1. The molecule has 1 aliphatic carbocycles. The first-order chi connectivity index (χ1) is 7.25. The third-order valence-corrected chi connectivity index (χ3v) is 4.03. The molecule has 2 unspecified atom stereocenters. The van der Waals surface area contributed by atoms with Gasteiger partial charge in [-0.3, -0.25) is 9.79 Å². The van der Waals surface area contributed by atoms with Crippen molar-refractivity contribution in [2.45, 2.75) is 38.6 Å². The summed E-state index contributed by atoms with van der Waals surface area (Å²) in [4.78, 5) is 16.7. The van der Waals surface area contributed by atoms with Crippen LogP contribution in [0.15, 0.2) is 10.1 Å². The van der Waals surface area contributed by atoms with E-state index in [2.05, 4.69) is 10.1 Å². The van der Waals surface area contributed by atoms with Crippen LogP contribution in [-0.4, -0.2) is 27.2 Å². The van der Waals surface area contributed by atoms with Gasteiger partial charge < -0.3 is 0 Å². The van der Waals surface area contributed by atoms with E-state index in [0.29, 0.717) is 0 Å². The van der Waals surface area contributed by atoms with Crippen molar-refractivity contribution in [2.75, 3.05) is 0 Å². The highest BCUT2D eigenvalue weighted by Gasteiger charge is 2.42. The van der Waals surface area contributed by atoms with E-state index in [0.717, 1.165) is 29.5 Å². The average molecular weight is 223 g/mol. The molecule has 0 N–H and O–H groups in total. The first kappa shape index (κ1) is 9.39. The minimum absolute atomic E-state index is 0.0951. The highest BCUT2D eigenvalue weighted by Crippen LogP contribution is 2.36. The maximum atomic E-state index is 12.1. The summed E-state index contributed by atoms with van der Waals surface area (Å²) in [6.07, 6.45) is 4.40.